The van der Waals surface area contributed by atoms with Crippen molar-refractivity contribution in [2.24, 2.45) is 5.41 Å². The molecular weight excluding hydrogens is 234 g/mol. The Balaban J connectivity index is 1.91. The summed E-state index contributed by atoms with van der Waals surface area (Å²) in [5.41, 5.74) is 2.78. The summed E-state index contributed by atoms with van der Waals surface area (Å²) in [7, 11) is 0. The number of benzene rings is 1. The summed E-state index contributed by atoms with van der Waals surface area (Å²) in [6.45, 7) is 9.76. The number of hydrogen-bond donors (Lipinski definition) is 1. The van der Waals surface area contributed by atoms with Crippen molar-refractivity contribution in [3.8, 4) is 0 Å². The van der Waals surface area contributed by atoms with Crippen molar-refractivity contribution in [2.75, 3.05) is 19.6 Å². The Morgan fingerprint density at radius 2 is 1.89 bits per heavy atom. The molecule has 1 aromatic carbocycles. The summed E-state index contributed by atoms with van der Waals surface area (Å²) >= 11 is 0. The van der Waals surface area contributed by atoms with Crippen molar-refractivity contribution in [3.63, 3.8) is 0 Å². The van der Waals surface area contributed by atoms with E-state index in [2.05, 4.69) is 31.7 Å². The third-order valence-corrected chi connectivity index (χ3v) is 4.90. The van der Waals surface area contributed by atoms with Gasteiger partial charge < -0.3 is 10.0 Å². The van der Waals surface area contributed by atoms with Crippen molar-refractivity contribution in [2.45, 2.75) is 46.1 Å². The highest BCUT2D eigenvalue weighted by Crippen LogP contribution is 2.34. The zero-order valence-electron chi connectivity index (χ0n) is 12.5. The van der Waals surface area contributed by atoms with Crippen LogP contribution in [0.15, 0.2) is 24.3 Å². The average molecular weight is 261 g/mol. The third kappa shape index (κ3) is 3.58. The summed E-state index contributed by atoms with van der Waals surface area (Å²) in [5.74, 6) is 0. The summed E-state index contributed by atoms with van der Waals surface area (Å²) < 4.78 is 0. The maximum Gasteiger partial charge on any atom is 0.0919 e. The maximum absolute atomic E-state index is 10.4. The van der Waals surface area contributed by atoms with Crippen molar-refractivity contribution in [3.05, 3.63) is 35.4 Å². The van der Waals surface area contributed by atoms with E-state index in [4.69, 9.17) is 0 Å². The summed E-state index contributed by atoms with van der Waals surface area (Å²) in [4.78, 5) is 2.41. The Hall–Kier alpha value is -0.860. The molecule has 1 atom stereocenters. The molecule has 0 aliphatic carbocycles. The van der Waals surface area contributed by atoms with E-state index >= 15 is 0 Å². The van der Waals surface area contributed by atoms with Gasteiger partial charge in [-0.1, -0.05) is 44.5 Å². The first-order valence-corrected chi connectivity index (χ1v) is 7.50. The summed E-state index contributed by atoms with van der Waals surface area (Å²) in [6, 6.07) is 8.15. The Morgan fingerprint density at radius 3 is 2.47 bits per heavy atom. The van der Waals surface area contributed by atoms with Crippen LogP contribution < -0.4 is 0 Å². The molecule has 1 unspecified atom stereocenters. The molecule has 0 saturated carbocycles. The molecule has 1 aliphatic rings. The topological polar surface area (TPSA) is 23.5 Å². The molecule has 0 bridgehead atoms. The van der Waals surface area contributed by atoms with E-state index in [0.29, 0.717) is 5.41 Å². The maximum atomic E-state index is 10.4. The Kier molecular flexibility index (Phi) is 4.64. The van der Waals surface area contributed by atoms with Crippen LogP contribution in [-0.2, 0) is 0 Å². The van der Waals surface area contributed by atoms with Gasteiger partial charge in [0.1, 0.15) is 0 Å². The van der Waals surface area contributed by atoms with E-state index in [1.54, 1.807) is 0 Å². The number of nitrogens with zero attached hydrogens (tertiary/aromatic N) is 1. The average Bonchev–Trinajstić information content (AvgIpc) is 2.42. The van der Waals surface area contributed by atoms with E-state index in [1.165, 1.54) is 24.8 Å². The fourth-order valence-corrected chi connectivity index (χ4v) is 2.93. The van der Waals surface area contributed by atoms with Gasteiger partial charge in [0.2, 0.25) is 0 Å². The van der Waals surface area contributed by atoms with Crippen molar-refractivity contribution in [1.82, 2.24) is 4.90 Å². The van der Waals surface area contributed by atoms with E-state index in [-0.39, 0.29) is 6.10 Å². The van der Waals surface area contributed by atoms with Gasteiger partial charge in [0.15, 0.2) is 0 Å². The van der Waals surface area contributed by atoms with Gasteiger partial charge in [-0.05, 0) is 49.4 Å². The van der Waals surface area contributed by atoms with Gasteiger partial charge in [-0.3, -0.25) is 0 Å². The third-order valence-electron chi connectivity index (χ3n) is 4.90. The molecule has 0 aromatic heterocycles. The monoisotopic (exact) mass is 261 g/mol. The van der Waals surface area contributed by atoms with Gasteiger partial charge in [0.05, 0.1) is 6.10 Å². The van der Waals surface area contributed by atoms with Crippen LogP contribution in [0.1, 0.15) is 50.3 Å². The largest absolute Gasteiger partial charge is 0.387 e. The number of hydrogen-bond acceptors (Lipinski definition) is 2. The minimum absolute atomic E-state index is 0.354. The smallest absolute Gasteiger partial charge is 0.0919 e. The lowest BCUT2D eigenvalue weighted by Crippen LogP contribution is -2.40. The van der Waals surface area contributed by atoms with Crippen LogP contribution in [0.25, 0.3) is 0 Å². The highest BCUT2D eigenvalue weighted by Gasteiger charge is 2.29. The number of aryl methyl sites for hydroxylation is 1. The minimum atomic E-state index is -0.354. The van der Waals surface area contributed by atoms with Gasteiger partial charge in [0.25, 0.3) is 0 Å². The van der Waals surface area contributed by atoms with Gasteiger partial charge >= 0.3 is 0 Å². The normalized spacial score (nSPS) is 21.3. The standard InChI is InChI=1S/C17H27NO/c1-4-17(3)9-11-18(12-10-17)13-16(19)15-8-6-5-7-14(15)2/h5-8,16,19H,4,9-13H2,1-3H3. The lowest BCUT2D eigenvalue weighted by atomic mass is 9.78. The molecule has 106 valence electrons. The second kappa shape index (κ2) is 6.06. The molecule has 1 heterocycles. The first-order chi connectivity index (χ1) is 9.04. The van der Waals surface area contributed by atoms with Gasteiger partial charge in [-0.25, -0.2) is 0 Å². The second-order valence-corrected chi connectivity index (χ2v) is 6.34. The van der Waals surface area contributed by atoms with Crippen LogP contribution in [0.4, 0.5) is 0 Å². The number of aliphatic hydroxyl groups excluding tert-OH is 1. The van der Waals surface area contributed by atoms with E-state index < -0.39 is 0 Å². The first-order valence-electron chi connectivity index (χ1n) is 7.50. The molecule has 1 aromatic rings. The predicted molar refractivity (Wildman–Crippen MR) is 80.2 cm³/mol. The van der Waals surface area contributed by atoms with Gasteiger partial charge in [-0.2, -0.15) is 0 Å². The fraction of sp³-hybridized carbons (Fsp3) is 0.647. The molecule has 19 heavy (non-hydrogen) atoms. The number of β-amino-alcohol motifs (C(OH)–C–C–N with tert-alkyl or cyclic N) is 1. The van der Waals surface area contributed by atoms with Crippen molar-refractivity contribution < 1.29 is 5.11 Å². The number of rotatable bonds is 4. The number of aliphatic hydroxyl groups is 1. The molecule has 0 amide bonds. The molecule has 1 N–H and O–H groups in total. The van der Waals surface area contributed by atoms with Gasteiger partial charge in [0, 0.05) is 6.54 Å². The SMILES string of the molecule is CCC1(C)CCN(CC(O)c2ccccc2C)CC1. The fourth-order valence-electron chi connectivity index (χ4n) is 2.93. The van der Waals surface area contributed by atoms with Crippen LogP contribution in [0.5, 0.6) is 0 Å². The van der Waals surface area contributed by atoms with Crippen LogP contribution in [-0.4, -0.2) is 29.6 Å². The van der Waals surface area contributed by atoms with Crippen LogP contribution >= 0.6 is 0 Å². The second-order valence-electron chi connectivity index (χ2n) is 6.34. The zero-order valence-corrected chi connectivity index (χ0v) is 12.5. The Bertz CT molecular complexity index is 407. The van der Waals surface area contributed by atoms with Gasteiger partial charge in [-0.15, -0.1) is 0 Å². The molecule has 1 fully saturated rings. The zero-order chi connectivity index (χ0) is 13.9. The first kappa shape index (κ1) is 14.5. The minimum Gasteiger partial charge on any atom is -0.387 e. The summed E-state index contributed by atoms with van der Waals surface area (Å²) in [6.07, 6.45) is 3.42. The van der Waals surface area contributed by atoms with E-state index in [0.717, 1.165) is 25.2 Å². The molecule has 0 radical (unpaired) electrons. The van der Waals surface area contributed by atoms with Crippen LogP contribution in [0.3, 0.4) is 0 Å². The number of likely N-dealkylation sites (tertiary alicyclic amines) is 1. The lowest BCUT2D eigenvalue weighted by Gasteiger charge is -2.39. The molecule has 2 nitrogen and oxygen atoms in total. The van der Waals surface area contributed by atoms with Crippen LogP contribution in [0, 0.1) is 12.3 Å². The van der Waals surface area contributed by atoms with E-state index in [1.807, 2.05) is 18.2 Å². The predicted octanol–water partition coefficient (Wildman–Crippen LogP) is 3.54. The quantitative estimate of drug-likeness (QED) is 0.896. The lowest BCUT2D eigenvalue weighted by molar-refractivity contribution is 0.0624. The van der Waals surface area contributed by atoms with Crippen molar-refractivity contribution >= 4 is 0 Å². The molecule has 1 saturated heterocycles. The molecule has 1 aliphatic heterocycles. The number of piperidine rings is 1. The molecule has 2 heteroatoms. The van der Waals surface area contributed by atoms with Crippen LogP contribution in [0.2, 0.25) is 0 Å². The highest BCUT2D eigenvalue weighted by molar-refractivity contribution is 5.27. The molecule has 2 rings (SSSR count). The molecule has 0 spiro atoms. The summed E-state index contributed by atoms with van der Waals surface area (Å²) in [5, 5.41) is 10.4. The molecular formula is C17H27NO. The van der Waals surface area contributed by atoms with E-state index in [9.17, 15) is 5.11 Å². The van der Waals surface area contributed by atoms with Crippen molar-refractivity contribution in [1.29, 1.82) is 0 Å². The highest BCUT2D eigenvalue weighted by atomic mass is 16.3. The Morgan fingerprint density at radius 1 is 1.26 bits per heavy atom. The Labute approximate surface area is 117 Å².